The predicted molar refractivity (Wildman–Crippen MR) is 398 cm³/mol. The van der Waals surface area contributed by atoms with Crippen molar-refractivity contribution in [3.8, 4) is 0 Å². The fourth-order valence-electron chi connectivity index (χ4n) is 15.0. The Morgan fingerprint density at radius 2 is 0.870 bits per heavy atom. The fraction of sp³-hybridized carbons (Fsp3) is 0.633. The lowest BCUT2D eigenvalue weighted by molar-refractivity contribution is -0.118. The standard InChI is InChI=1S/C24H31ClN5O8PS.C18H24ClF3N5O8PS.C18H25ClN9O8PS/c1-13-6-5-9-16(13)27-21-15-11-26-30(22(15)29-24(25)28-21)23-20(32)19(31)17(38-23)12-40(36,37)18(39(33,34)35)10-14-7-3-2-4-8-14;1-7-3-2-4-9(7)24-13-8-5-23-27(14(8)26-17(19)25-13)15-12(29)11(28)10(35-15)6-37(33,34)16(18(20,21)22)36(30,31)32;1-7-3-2-4-9(7)21-13-8-5-20-28(15(8)23-18(19)22-13)16-12(30)11(29)10(36-16)6-38(34,35)17(37(31,32)33)14-24-26-27-25-14/h2-4,7-8,11,13,16-20,23,31-32H,5-6,9-10,12H2,1H3,(H,27,28,29)(H2,33,34,35);5,7,9-12,15-16,28-29H,2-4,6H2,1H3,(H,24,25,26)(H2,30,31,32);5,7,9-12,16-17,29-30H,2-4,6H2,1H3,(H,21,22,23)(H2,31,32,33)(H,24,25,26,27)/t13?,16?,17-,18?,19-,20-,23-;7?,9?,10-,11-,12-,15-,16?;7?,9?,10-,11-,12-,16-,17?/m111/s1. The molecule has 3 aliphatic carbocycles. The molecule has 16 N–H and O–H groups in total. The summed E-state index contributed by atoms with van der Waals surface area (Å²) in [5, 5.41) is 99.1. The minimum atomic E-state index is -6.20. The highest BCUT2D eigenvalue weighted by molar-refractivity contribution is 7.99. The number of hydrogen-bond acceptors (Lipinski definition) is 33. The first kappa shape index (κ1) is 88.2. The van der Waals surface area contributed by atoms with Crippen molar-refractivity contribution in [2.75, 3.05) is 33.2 Å². The number of benzene rings is 1. The maximum atomic E-state index is 13.2. The van der Waals surface area contributed by atoms with E-state index in [1.165, 1.54) is 23.3 Å². The van der Waals surface area contributed by atoms with Crippen LogP contribution in [0.3, 0.4) is 0 Å². The summed E-state index contributed by atoms with van der Waals surface area (Å²) >= 11 is 18.4. The molecular formula is C60H80Cl3F3N19O24P3S3. The molecule has 55 heteroatoms. The first-order valence-electron chi connectivity index (χ1n) is 35.4. The highest BCUT2D eigenvalue weighted by Gasteiger charge is 2.61. The van der Waals surface area contributed by atoms with E-state index >= 15 is 0 Å². The average Bonchev–Trinajstić information content (AvgIpc) is 1.65. The van der Waals surface area contributed by atoms with E-state index in [1.54, 1.807) is 30.3 Å². The largest absolute Gasteiger partial charge is 0.417 e. The Balaban J connectivity index is 0.000000159. The van der Waals surface area contributed by atoms with Crippen LogP contribution in [0.15, 0.2) is 48.9 Å². The summed E-state index contributed by atoms with van der Waals surface area (Å²) < 4.78 is 173. The number of ether oxygens (including phenoxy) is 3. The van der Waals surface area contributed by atoms with Gasteiger partial charge in [0.15, 0.2) is 70.1 Å². The van der Waals surface area contributed by atoms with Crippen LogP contribution in [0.5, 0.6) is 0 Å². The van der Waals surface area contributed by atoms with Crippen LogP contribution in [0.2, 0.25) is 15.9 Å². The highest BCUT2D eigenvalue weighted by Crippen LogP contribution is 2.56. The van der Waals surface area contributed by atoms with Gasteiger partial charge in [0, 0.05) is 24.5 Å². The maximum absolute atomic E-state index is 13.2. The Kier molecular flexibility index (Phi) is 26.3. The van der Waals surface area contributed by atoms with Crippen molar-refractivity contribution < 1.29 is 126 Å². The average molecular weight is 1800 g/mol. The van der Waals surface area contributed by atoms with Crippen molar-refractivity contribution >= 4 is 138 Å². The van der Waals surface area contributed by atoms with Gasteiger partial charge in [0.2, 0.25) is 26.7 Å². The molecule has 10 heterocycles. The minimum Gasteiger partial charge on any atom is -0.387 e. The lowest BCUT2D eigenvalue weighted by atomic mass is 10.1. The second-order valence-electron chi connectivity index (χ2n) is 29.0. The number of aromatic amines is 1. The Labute approximate surface area is 665 Å². The molecule has 0 spiro atoms. The molecule has 0 bridgehead atoms. The van der Waals surface area contributed by atoms with Crippen LogP contribution >= 0.6 is 57.6 Å². The van der Waals surface area contributed by atoms with Crippen molar-refractivity contribution in [3.63, 3.8) is 0 Å². The molecule has 6 fully saturated rings. The molecular weight excluding hydrogens is 1720 g/mol. The zero-order valence-electron chi connectivity index (χ0n) is 60.2. The quantitative estimate of drug-likeness (QED) is 0.0305. The summed E-state index contributed by atoms with van der Waals surface area (Å²) in [6.07, 6.45) is -13.0. The van der Waals surface area contributed by atoms with E-state index in [9.17, 15) is 102 Å². The van der Waals surface area contributed by atoms with Gasteiger partial charge in [-0.05, 0) is 96.6 Å². The number of anilines is 3. The van der Waals surface area contributed by atoms with Crippen LogP contribution in [0.4, 0.5) is 30.6 Å². The number of halogens is 6. The number of H-pyrrole nitrogens is 1. The third kappa shape index (κ3) is 19.2. The number of aliphatic hydroxyl groups excluding tert-OH is 6. The summed E-state index contributed by atoms with van der Waals surface area (Å²) in [4.78, 5) is 73.9. The molecule has 6 aliphatic rings. The van der Waals surface area contributed by atoms with E-state index in [-0.39, 0.29) is 50.9 Å². The summed E-state index contributed by atoms with van der Waals surface area (Å²) in [5.74, 6) is -1.99. The molecule has 0 radical (unpaired) electrons. The first-order valence-corrected chi connectivity index (χ1v) is 46.8. The third-order valence-corrected chi connectivity index (χ3v) is 34.7. The summed E-state index contributed by atoms with van der Waals surface area (Å²) in [5.41, 5.74) is 0.806. The van der Waals surface area contributed by atoms with Crippen molar-refractivity contribution in [3.05, 3.63) is 76.2 Å². The Bertz CT molecular complexity index is 5340. The number of fused-ring (bicyclic) bond motifs is 3. The van der Waals surface area contributed by atoms with Gasteiger partial charge in [0.25, 0.3) is 4.99 Å². The van der Waals surface area contributed by atoms with Crippen LogP contribution in [0.1, 0.15) is 114 Å². The van der Waals surface area contributed by atoms with Crippen LogP contribution in [0.25, 0.3) is 33.1 Å². The number of tetrazole rings is 1. The van der Waals surface area contributed by atoms with Gasteiger partial charge in [-0.25, -0.2) is 39.3 Å². The lowest BCUT2D eigenvalue weighted by Gasteiger charge is -2.23. The molecule has 14 rings (SSSR count). The fourth-order valence-corrected chi connectivity index (χ4v) is 26.6. The Hall–Kier alpha value is -6.06. The van der Waals surface area contributed by atoms with Crippen molar-refractivity contribution in [2.45, 2.75) is 198 Å². The zero-order valence-corrected chi connectivity index (χ0v) is 67.6. The van der Waals surface area contributed by atoms with E-state index in [4.69, 9.17) is 58.8 Å². The van der Waals surface area contributed by atoms with Gasteiger partial charge in [0.05, 0.1) is 52.0 Å². The molecule has 115 heavy (non-hydrogen) atoms. The van der Waals surface area contributed by atoms with Gasteiger partial charge in [0.1, 0.15) is 72.4 Å². The maximum Gasteiger partial charge on any atom is 0.417 e. The van der Waals surface area contributed by atoms with Crippen molar-refractivity contribution in [1.29, 1.82) is 0 Å². The summed E-state index contributed by atoms with van der Waals surface area (Å²) in [6, 6.07) is 8.51. The van der Waals surface area contributed by atoms with Gasteiger partial charge < -0.3 is 90.2 Å². The zero-order chi connectivity index (χ0) is 83.7. The Morgan fingerprint density at radius 3 is 1.17 bits per heavy atom. The molecule has 21 atom stereocenters. The normalized spacial score (nSPS) is 29.2. The molecule has 1 aromatic carbocycles. The third-order valence-electron chi connectivity index (χ3n) is 21.0. The summed E-state index contributed by atoms with van der Waals surface area (Å²) in [7, 11) is -31.5. The molecule has 634 valence electrons. The SMILES string of the molecule is CC1CCCC1Nc1nc(Cl)nc2c1cnn2[C@@H]1O[C@H](CS(=O)(=O)C(C(F)(F)F)P(=O)(O)O)[C@@H](O)[C@H]1O.CC1CCCC1Nc1nc(Cl)nc2c1cnn2[C@@H]1O[C@H](CS(=O)(=O)C(Cc2ccccc2)P(=O)(O)O)[C@@H](O)[C@H]1O.CC1CCCC1Nc1nc(Cl)nc2c1cnn2[C@@H]1O[C@H](CS(=O)(=O)C(c2nn[nH]n2)P(=O)(O)O)[C@@H](O)[C@H]1O. The van der Waals surface area contributed by atoms with Gasteiger partial charge in [-0.15, -0.1) is 10.2 Å². The lowest BCUT2D eigenvalue weighted by Crippen LogP contribution is -2.43. The van der Waals surface area contributed by atoms with Crippen LogP contribution in [0, 0.1) is 17.8 Å². The minimum absolute atomic E-state index is 0.0243. The molecule has 8 aromatic rings. The Morgan fingerprint density at radius 1 is 0.513 bits per heavy atom. The van der Waals surface area contributed by atoms with Crippen LogP contribution in [-0.4, -0.2) is 272 Å². The first-order chi connectivity index (χ1) is 53.7. The number of sulfone groups is 3. The molecule has 43 nitrogen and oxygen atoms in total. The molecule has 9 unspecified atom stereocenters. The van der Waals surface area contributed by atoms with E-state index in [0.29, 0.717) is 56.9 Å². The smallest absolute Gasteiger partial charge is 0.387 e. The number of nitrogens with zero attached hydrogens (tertiary/aromatic N) is 15. The molecule has 3 saturated heterocycles. The van der Waals surface area contributed by atoms with Crippen LogP contribution in [-0.2, 0) is 63.8 Å². The molecule has 0 amide bonds. The predicted octanol–water partition coefficient (Wildman–Crippen LogP) is 2.54. The van der Waals surface area contributed by atoms with Crippen LogP contribution < -0.4 is 16.0 Å². The van der Waals surface area contributed by atoms with Gasteiger partial charge in [-0.3, -0.25) is 13.7 Å². The monoisotopic (exact) mass is 1800 g/mol. The van der Waals surface area contributed by atoms with Crippen molar-refractivity contribution in [1.82, 2.24) is 79.9 Å². The molecule has 3 aliphatic heterocycles. The molecule has 3 saturated carbocycles. The second-order valence-corrected chi connectivity index (χ2v) is 42.8. The second kappa shape index (κ2) is 34.2. The van der Waals surface area contributed by atoms with E-state index in [0.717, 1.165) is 67.2 Å². The molecule has 7 aromatic heterocycles. The van der Waals surface area contributed by atoms with Crippen molar-refractivity contribution in [2.24, 2.45) is 17.8 Å². The number of alkyl halides is 3. The van der Waals surface area contributed by atoms with Gasteiger partial charge in [-0.1, -0.05) is 75.6 Å². The number of nitrogens with one attached hydrogen (secondary N) is 4. The van der Waals surface area contributed by atoms with Gasteiger partial charge in [-0.2, -0.15) is 63.6 Å². The number of aliphatic hydroxyl groups is 6. The van der Waals surface area contributed by atoms with E-state index in [1.807, 2.05) is 5.21 Å². The highest BCUT2D eigenvalue weighted by atomic mass is 35.5. The van der Waals surface area contributed by atoms with E-state index in [2.05, 4.69) is 97.3 Å². The number of rotatable bonds is 24. The topological polar surface area (TPSA) is 645 Å². The van der Waals surface area contributed by atoms with E-state index < -0.39 is 177 Å². The summed E-state index contributed by atoms with van der Waals surface area (Å²) in [6.45, 7) is 6.34. The van der Waals surface area contributed by atoms with Gasteiger partial charge >= 0.3 is 29.0 Å². The number of hydrogen-bond donors (Lipinski definition) is 16. The number of aromatic nitrogens is 16.